The minimum Gasteiger partial charge on any atom is -0.452 e. The molecule has 0 aliphatic carbocycles. The van der Waals surface area contributed by atoms with Crippen molar-refractivity contribution in [2.24, 2.45) is 0 Å². The number of rotatable bonds is 4. The number of nitrogen functional groups attached to an aromatic ring is 2. The molecule has 0 aliphatic heterocycles. The van der Waals surface area contributed by atoms with Gasteiger partial charge in [0.15, 0.2) is 28.2 Å². The molecule has 4 aromatic rings. The van der Waals surface area contributed by atoms with Crippen LogP contribution in [-0.2, 0) is 11.3 Å². The third-order valence-electron chi connectivity index (χ3n) is 4.38. The van der Waals surface area contributed by atoms with Crippen LogP contribution in [0.15, 0.2) is 30.5 Å². The Hall–Kier alpha value is -3.80. The van der Waals surface area contributed by atoms with Crippen LogP contribution in [0.5, 0.6) is 0 Å². The van der Waals surface area contributed by atoms with Crippen LogP contribution < -0.4 is 16.4 Å². The summed E-state index contributed by atoms with van der Waals surface area (Å²) < 4.78 is 19.7. The molecule has 12 heteroatoms. The van der Waals surface area contributed by atoms with E-state index in [9.17, 15) is 9.18 Å². The Balaban J connectivity index is 1.81. The Bertz CT molecular complexity index is 1230. The number of fused-ring (bicyclic) bond motifs is 1. The molecule has 0 atom stereocenters. The van der Waals surface area contributed by atoms with Gasteiger partial charge in [-0.3, -0.25) is 4.90 Å². The van der Waals surface area contributed by atoms with E-state index in [4.69, 9.17) is 11.5 Å². The fourth-order valence-corrected chi connectivity index (χ4v) is 3.75. The number of methoxy groups -OCH3 is 1. The topological polar surface area (TPSA) is 138 Å². The summed E-state index contributed by atoms with van der Waals surface area (Å²) in [5.41, 5.74) is 13.3. The second-order valence-electron chi connectivity index (χ2n) is 6.28. The molecule has 0 unspecified atom stereocenters. The Morgan fingerprint density at radius 3 is 2.63 bits per heavy atom. The molecule has 0 bridgehead atoms. The van der Waals surface area contributed by atoms with Crippen molar-refractivity contribution < 1.29 is 13.9 Å². The summed E-state index contributed by atoms with van der Waals surface area (Å²) in [5.74, 6) is 0.177. The number of nitrogens with two attached hydrogens (primary N) is 2. The van der Waals surface area contributed by atoms with Gasteiger partial charge in [0.25, 0.3) is 0 Å². The first-order chi connectivity index (χ1) is 14.4. The first kappa shape index (κ1) is 19.5. The lowest BCUT2D eigenvalue weighted by molar-refractivity contribution is 0.180. The van der Waals surface area contributed by atoms with Gasteiger partial charge in [-0.1, -0.05) is 0 Å². The molecule has 4 aromatic heterocycles. The molecule has 1 amide bonds. The SMILES string of the molecule is COC(=O)N(C)c1c(N)nc(-c2nn(Cc3ccc(F)s3)c3ncccc23)nc1N. The Labute approximate surface area is 173 Å². The van der Waals surface area contributed by atoms with Gasteiger partial charge in [-0.2, -0.15) is 9.49 Å². The number of nitrogens with zero attached hydrogens (tertiary/aromatic N) is 6. The molecule has 0 fully saturated rings. The predicted octanol–water partition coefficient (Wildman–Crippen LogP) is 2.50. The summed E-state index contributed by atoms with van der Waals surface area (Å²) in [6.07, 6.45) is 0.976. The fraction of sp³-hybridized carbons (Fsp3) is 0.167. The summed E-state index contributed by atoms with van der Waals surface area (Å²) in [5, 5.41) is 4.98. The van der Waals surface area contributed by atoms with Crippen LogP contribution in [0.4, 0.5) is 26.5 Å². The number of hydrogen-bond acceptors (Lipinski definition) is 9. The van der Waals surface area contributed by atoms with E-state index in [0.29, 0.717) is 23.3 Å². The number of halogens is 1. The van der Waals surface area contributed by atoms with Gasteiger partial charge >= 0.3 is 6.09 Å². The van der Waals surface area contributed by atoms with Crippen molar-refractivity contribution in [3.05, 3.63) is 40.5 Å². The summed E-state index contributed by atoms with van der Waals surface area (Å²) in [6.45, 7) is 0.330. The first-order valence-corrected chi connectivity index (χ1v) is 9.51. The number of carbonyl (C=O) groups excluding carboxylic acids is 1. The van der Waals surface area contributed by atoms with E-state index in [1.165, 1.54) is 20.2 Å². The number of aromatic nitrogens is 5. The van der Waals surface area contributed by atoms with E-state index in [1.54, 1.807) is 23.0 Å². The second-order valence-corrected chi connectivity index (χ2v) is 7.40. The maximum Gasteiger partial charge on any atom is 0.413 e. The molecule has 0 radical (unpaired) electrons. The lowest BCUT2D eigenvalue weighted by Crippen LogP contribution is -2.28. The Kier molecular flexibility index (Phi) is 4.91. The monoisotopic (exact) mass is 428 g/mol. The van der Waals surface area contributed by atoms with Gasteiger partial charge in [0.05, 0.1) is 19.0 Å². The quantitative estimate of drug-likeness (QED) is 0.506. The van der Waals surface area contributed by atoms with Crippen LogP contribution in [0, 0.1) is 5.13 Å². The van der Waals surface area contributed by atoms with Crippen LogP contribution in [-0.4, -0.2) is 45.0 Å². The van der Waals surface area contributed by atoms with Gasteiger partial charge in [-0.15, -0.1) is 11.3 Å². The third-order valence-corrected chi connectivity index (χ3v) is 5.23. The van der Waals surface area contributed by atoms with Gasteiger partial charge in [0.2, 0.25) is 0 Å². The van der Waals surface area contributed by atoms with E-state index >= 15 is 0 Å². The van der Waals surface area contributed by atoms with Crippen LogP contribution in [0.1, 0.15) is 4.88 Å². The highest BCUT2D eigenvalue weighted by molar-refractivity contribution is 7.10. The van der Waals surface area contributed by atoms with Crippen molar-refractivity contribution >= 4 is 45.8 Å². The average Bonchev–Trinajstić information content (AvgIpc) is 3.30. The van der Waals surface area contributed by atoms with Gasteiger partial charge < -0.3 is 16.2 Å². The molecule has 4 N–H and O–H groups in total. The van der Waals surface area contributed by atoms with Crippen LogP contribution in [0.25, 0.3) is 22.6 Å². The van der Waals surface area contributed by atoms with Crippen molar-refractivity contribution in [2.45, 2.75) is 6.54 Å². The molecular formula is C18H17FN8O2S. The number of hydrogen-bond donors (Lipinski definition) is 2. The van der Waals surface area contributed by atoms with Crippen molar-refractivity contribution in [1.82, 2.24) is 24.7 Å². The molecule has 4 heterocycles. The zero-order valence-electron chi connectivity index (χ0n) is 16.0. The summed E-state index contributed by atoms with van der Waals surface area (Å²) >= 11 is 1.04. The van der Waals surface area contributed by atoms with E-state index < -0.39 is 6.09 Å². The molecule has 0 spiro atoms. The van der Waals surface area contributed by atoms with Crippen molar-refractivity contribution in [3.63, 3.8) is 0 Å². The van der Waals surface area contributed by atoms with Crippen LogP contribution in [0.2, 0.25) is 0 Å². The van der Waals surface area contributed by atoms with Gasteiger partial charge in [-0.25, -0.2) is 24.4 Å². The summed E-state index contributed by atoms with van der Waals surface area (Å²) in [7, 11) is 2.69. The molecule has 0 saturated carbocycles. The zero-order chi connectivity index (χ0) is 21.4. The summed E-state index contributed by atoms with van der Waals surface area (Å²) in [6, 6.07) is 6.68. The first-order valence-electron chi connectivity index (χ1n) is 8.69. The second kappa shape index (κ2) is 7.55. The molecule has 0 aromatic carbocycles. The highest BCUT2D eigenvalue weighted by Crippen LogP contribution is 2.32. The molecule has 10 nitrogen and oxygen atoms in total. The molecule has 0 aliphatic rings. The lowest BCUT2D eigenvalue weighted by Gasteiger charge is -2.18. The van der Waals surface area contributed by atoms with Crippen molar-refractivity contribution in [1.29, 1.82) is 0 Å². The van der Waals surface area contributed by atoms with E-state index in [2.05, 4.69) is 24.8 Å². The normalized spacial score (nSPS) is 11.0. The van der Waals surface area contributed by atoms with Crippen molar-refractivity contribution in [2.75, 3.05) is 30.5 Å². The zero-order valence-corrected chi connectivity index (χ0v) is 16.9. The average molecular weight is 428 g/mol. The van der Waals surface area contributed by atoms with E-state index in [1.807, 2.05) is 6.07 Å². The minimum atomic E-state index is -0.660. The minimum absolute atomic E-state index is 0.00248. The number of ether oxygens (including phenoxy) is 1. The molecular weight excluding hydrogens is 411 g/mol. The predicted molar refractivity (Wildman–Crippen MR) is 112 cm³/mol. The molecule has 30 heavy (non-hydrogen) atoms. The number of anilines is 3. The molecule has 154 valence electrons. The number of pyridine rings is 1. The highest BCUT2D eigenvalue weighted by atomic mass is 32.1. The maximum absolute atomic E-state index is 13.4. The Morgan fingerprint density at radius 2 is 2.00 bits per heavy atom. The fourth-order valence-electron chi connectivity index (χ4n) is 3.04. The standard InChI is InChI=1S/C18H17FN8O2S/c1-26(18(28)29-2)13-14(20)23-16(24-15(13)21)12-10-4-3-7-22-17(10)27(25-12)8-9-5-6-11(19)30-9/h3-7H,8H2,1-2H3,(H4,20,21,23,24). The Morgan fingerprint density at radius 1 is 1.27 bits per heavy atom. The van der Waals surface area contributed by atoms with Crippen LogP contribution >= 0.6 is 11.3 Å². The largest absolute Gasteiger partial charge is 0.452 e. The van der Waals surface area contributed by atoms with Gasteiger partial charge in [0.1, 0.15) is 11.4 Å². The third kappa shape index (κ3) is 3.37. The number of amides is 1. The van der Waals surface area contributed by atoms with Gasteiger partial charge in [-0.05, 0) is 24.3 Å². The van der Waals surface area contributed by atoms with E-state index in [0.717, 1.165) is 21.1 Å². The number of carbonyl (C=O) groups is 1. The van der Waals surface area contributed by atoms with Crippen molar-refractivity contribution in [3.8, 4) is 11.5 Å². The van der Waals surface area contributed by atoms with E-state index in [-0.39, 0.29) is 28.3 Å². The summed E-state index contributed by atoms with van der Waals surface area (Å²) in [4.78, 5) is 26.7. The molecule has 0 saturated heterocycles. The smallest absolute Gasteiger partial charge is 0.413 e. The highest BCUT2D eigenvalue weighted by Gasteiger charge is 2.23. The lowest BCUT2D eigenvalue weighted by atomic mass is 10.2. The van der Waals surface area contributed by atoms with Crippen LogP contribution in [0.3, 0.4) is 0 Å². The van der Waals surface area contributed by atoms with Gasteiger partial charge in [0, 0.05) is 18.1 Å². The molecule has 4 rings (SSSR count). The maximum atomic E-state index is 13.4. The number of thiophene rings is 1.